The number of allylic oxidation sites excluding steroid dienone is 2. The number of phenols is 1. The molecular formula is C28H37N3O10. The number of amides is 2. The lowest BCUT2D eigenvalue weighted by Crippen LogP contribution is -2.40. The summed E-state index contributed by atoms with van der Waals surface area (Å²) in [6, 6.07) is 0. The summed E-state index contributed by atoms with van der Waals surface area (Å²) in [6.45, 7) is 3.92. The summed E-state index contributed by atoms with van der Waals surface area (Å²) < 4.78 is 10.5. The van der Waals surface area contributed by atoms with Gasteiger partial charge in [-0.2, -0.15) is 0 Å². The Morgan fingerprint density at radius 3 is 2.39 bits per heavy atom. The number of aliphatic hydroxyl groups is 2. The van der Waals surface area contributed by atoms with Crippen molar-refractivity contribution in [3.05, 3.63) is 46.1 Å². The smallest absolute Gasteiger partial charge is 0.342 e. The maximum atomic E-state index is 12.4. The predicted octanol–water partition coefficient (Wildman–Crippen LogP) is 0.481. The van der Waals surface area contributed by atoms with E-state index in [0.717, 1.165) is 0 Å². The number of rotatable bonds is 14. The first-order valence-corrected chi connectivity index (χ1v) is 13.2. The molecule has 13 nitrogen and oxygen atoms in total. The van der Waals surface area contributed by atoms with Gasteiger partial charge in [-0.1, -0.05) is 11.6 Å². The average Bonchev–Trinajstić information content (AvgIpc) is 3.47. The molecule has 2 heterocycles. The second-order valence-corrected chi connectivity index (χ2v) is 10.0. The maximum absolute atomic E-state index is 12.4. The van der Waals surface area contributed by atoms with E-state index in [-0.39, 0.29) is 69.1 Å². The van der Waals surface area contributed by atoms with E-state index in [4.69, 9.17) is 9.47 Å². The van der Waals surface area contributed by atoms with E-state index >= 15 is 0 Å². The summed E-state index contributed by atoms with van der Waals surface area (Å²) in [5.41, 5.74) is 2.43. The molecule has 3 rings (SSSR count). The Labute approximate surface area is 237 Å². The van der Waals surface area contributed by atoms with Crippen LogP contribution in [0.25, 0.3) is 0 Å². The molecule has 0 saturated heterocycles. The van der Waals surface area contributed by atoms with Crippen molar-refractivity contribution < 1.29 is 49.1 Å². The van der Waals surface area contributed by atoms with Gasteiger partial charge in [0.15, 0.2) is 0 Å². The Hall–Kier alpha value is -3.94. The molecule has 0 spiro atoms. The van der Waals surface area contributed by atoms with Crippen molar-refractivity contribution in [3.63, 3.8) is 0 Å². The third kappa shape index (κ3) is 7.84. The topological polar surface area (TPSA) is 195 Å². The van der Waals surface area contributed by atoms with E-state index in [0.29, 0.717) is 28.0 Å². The minimum absolute atomic E-state index is 0.0369. The van der Waals surface area contributed by atoms with Gasteiger partial charge in [-0.05, 0) is 44.4 Å². The molecule has 2 aliphatic rings. The van der Waals surface area contributed by atoms with Crippen LogP contribution in [0.5, 0.6) is 11.5 Å². The van der Waals surface area contributed by atoms with Gasteiger partial charge >= 0.3 is 11.9 Å². The number of hydrogen-bond acceptors (Lipinski definition) is 10. The fourth-order valence-corrected chi connectivity index (χ4v) is 4.88. The lowest BCUT2D eigenvalue weighted by atomic mass is 9.93. The van der Waals surface area contributed by atoms with Crippen LogP contribution in [-0.2, 0) is 32.1 Å². The monoisotopic (exact) mass is 575 g/mol. The second kappa shape index (κ2) is 14.1. The zero-order valence-corrected chi connectivity index (χ0v) is 23.3. The molecule has 13 heteroatoms. The molecule has 1 aromatic carbocycles. The Bertz CT molecular complexity index is 1230. The minimum atomic E-state index is -1.14. The quantitative estimate of drug-likeness (QED) is 0.103. The van der Waals surface area contributed by atoms with Gasteiger partial charge in [0.1, 0.15) is 36.1 Å². The standard InChI is InChI=1S/C28H37N3O10/c1-15(4-5-18-25(36)24-19(14-41-28(24)39)16(2)26(18)40-3)12-17(27(37)38)13-21(33)30-10-9-29-20(32)8-11-31-22(34)6-7-23(31)35/h4,6-7,17,22-23,34-36H,5,8-14H2,1-3H3,(H,29,32)(H,30,33)(H,37,38)/b15-4+. The highest BCUT2D eigenvalue weighted by atomic mass is 16.5. The highest BCUT2D eigenvalue weighted by molar-refractivity contribution is 5.98. The minimum Gasteiger partial charge on any atom is -0.507 e. The number of esters is 1. The number of phenolic OH excluding ortho intramolecular Hbond substituents is 1. The number of benzene rings is 1. The van der Waals surface area contributed by atoms with E-state index in [1.54, 1.807) is 19.9 Å². The number of ether oxygens (including phenoxy) is 2. The van der Waals surface area contributed by atoms with Gasteiger partial charge in [0, 0.05) is 43.6 Å². The number of aromatic hydroxyl groups is 1. The number of hydrogen-bond donors (Lipinski definition) is 6. The molecular weight excluding hydrogens is 538 g/mol. The van der Waals surface area contributed by atoms with Crippen LogP contribution in [0.2, 0.25) is 0 Å². The van der Waals surface area contributed by atoms with E-state index < -0.39 is 36.2 Å². The molecule has 1 aromatic rings. The predicted molar refractivity (Wildman–Crippen MR) is 145 cm³/mol. The molecule has 0 aromatic heterocycles. The van der Waals surface area contributed by atoms with Crippen LogP contribution in [0.1, 0.15) is 53.2 Å². The van der Waals surface area contributed by atoms with E-state index in [9.17, 15) is 39.6 Å². The fourth-order valence-electron chi connectivity index (χ4n) is 4.88. The number of nitrogens with zero attached hydrogens (tertiary/aromatic N) is 1. The van der Waals surface area contributed by atoms with Crippen LogP contribution >= 0.6 is 0 Å². The summed E-state index contributed by atoms with van der Waals surface area (Å²) in [6.07, 6.45) is 2.70. The third-order valence-corrected chi connectivity index (χ3v) is 7.15. The number of carboxylic acid groups (broad SMARTS) is 1. The summed E-state index contributed by atoms with van der Waals surface area (Å²) in [7, 11) is 1.46. The number of carbonyl (C=O) groups is 4. The summed E-state index contributed by atoms with van der Waals surface area (Å²) >= 11 is 0. The Morgan fingerprint density at radius 1 is 1.15 bits per heavy atom. The van der Waals surface area contributed by atoms with Gasteiger partial charge in [-0.15, -0.1) is 0 Å². The zero-order chi connectivity index (χ0) is 30.3. The molecule has 6 N–H and O–H groups in total. The van der Waals surface area contributed by atoms with Gasteiger partial charge in [0.25, 0.3) is 0 Å². The number of cyclic esters (lactones) is 1. The van der Waals surface area contributed by atoms with Crippen LogP contribution in [0, 0.1) is 12.8 Å². The molecule has 0 radical (unpaired) electrons. The first kappa shape index (κ1) is 31.6. The normalized spacial score (nSPS) is 19.0. The SMILES string of the molecule is COc1c(C)c2c(c(O)c1C/C=C(\C)CC(CC(=O)NCCNC(=O)CCN1C(O)C=CC1O)C(=O)O)C(=O)OC2. The lowest BCUT2D eigenvalue weighted by molar-refractivity contribution is -0.144. The molecule has 2 aliphatic heterocycles. The molecule has 3 atom stereocenters. The molecule has 0 fully saturated rings. The van der Waals surface area contributed by atoms with Crippen LogP contribution in [-0.4, -0.2) is 88.3 Å². The molecule has 41 heavy (non-hydrogen) atoms. The van der Waals surface area contributed by atoms with Crippen LogP contribution in [0.3, 0.4) is 0 Å². The van der Waals surface area contributed by atoms with E-state index in [1.807, 2.05) is 0 Å². The Morgan fingerprint density at radius 2 is 1.78 bits per heavy atom. The van der Waals surface area contributed by atoms with Gasteiger partial charge in [0.05, 0.1) is 13.0 Å². The maximum Gasteiger partial charge on any atom is 0.342 e. The second-order valence-electron chi connectivity index (χ2n) is 10.0. The largest absolute Gasteiger partial charge is 0.507 e. The summed E-state index contributed by atoms with van der Waals surface area (Å²) in [5.74, 6) is -3.36. The first-order chi connectivity index (χ1) is 19.4. The highest BCUT2D eigenvalue weighted by Crippen LogP contribution is 2.42. The number of methoxy groups -OCH3 is 1. The van der Waals surface area contributed by atoms with Crippen molar-refractivity contribution in [1.82, 2.24) is 15.5 Å². The van der Waals surface area contributed by atoms with Crippen LogP contribution in [0.4, 0.5) is 0 Å². The first-order valence-electron chi connectivity index (χ1n) is 13.2. The van der Waals surface area contributed by atoms with Gasteiger partial charge in [-0.25, -0.2) is 9.69 Å². The zero-order valence-electron chi connectivity index (χ0n) is 23.3. The molecule has 3 unspecified atom stereocenters. The number of carbonyl (C=O) groups excluding carboxylic acids is 3. The Kier molecular flexibility index (Phi) is 10.9. The number of fused-ring (bicyclic) bond motifs is 1. The van der Waals surface area contributed by atoms with Gasteiger partial charge < -0.3 is 40.5 Å². The summed E-state index contributed by atoms with van der Waals surface area (Å²) in [4.78, 5) is 49.6. The van der Waals surface area contributed by atoms with E-state index in [1.165, 1.54) is 24.2 Å². The average molecular weight is 576 g/mol. The number of nitrogens with one attached hydrogen (secondary N) is 2. The van der Waals surface area contributed by atoms with Gasteiger partial charge in [0.2, 0.25) is 11.8 Å². The summed E-state index contributed by atoms with van der Waals surface area (Å²) in [5, 5.41) is 45.0. The highest BCUT2D eigenvalue weighted by Gasteiger charge is 2.32. The molecule has 0 aliphatic carbocycles. The Balaban J connectivity index is 1.48. The van der Waals surface area contributed by atoms with Crippen LogP contribution in [0.15, 0.2) is 23.8 Å². The van der Waals surface area contributed by atoms with Crippen molar-refractivity contribution >= 4 is 23.8 Å². The van der Waals surface area contributed by atoms with Crippen molar-refractivity contribution in [3.8, 4) is 11.5 Å². The van der Waals surface area contributed by atoms with E-state index in [2.05, 4.69) is 10.6 Å². The molecule has 224 valence electrons. The molecule has 0 bridgehead atoms. The molecule has 2 amide bonds. The third-order valence-electron chi connectivity index (χ3n) is 7.15. The number of aliphatic hydroxyl groups excluding tert-OH is 2. The van der Waals surface area contributed by atoms with Crippen LogP contribution < -0.4 is 15.4 Å². The van der Waals surface area contributed by atoms with Crippen molar-refractivity contribution in [2.45, 2.75) is 58.6 Å². The number of aliphatic carboxylic acids is 1. The van der Waals surface area contributed by atoms with Gasteiger partial charge in [-0.3, -0.25) is 14.4 Å². The van der Waals surface area contributed by atoms with Crippen molar-refractivity contribution in [2.75, 3.05) is 26.7 Å². The lowest BCUT2D eigenvalue weighted by Gasteiger charge is -2.23. The fraction of sp³-hybridized carbons (Fsp3) is 0.500. The number of carboxylic acids is 1. The van der Waals surface area contributed by atoms with Crippen molar-refractivity contribution in [2.24, 2.45) is 5.92 Å². The van der Waals surface area contributed by atoms with Crippen molar-refractivity contribution in [1.29, 1.82) is 0 Å². The molecule has 0 saturated carbocycles.